The molecule has 0 radical (unpaired) electrons. The predicted octanol–water partition coefficient (Wildman–Crippen LogP) is 13.5. The van der Waals surface area contributed by atoms with E-state index in [9.17, 15) is 19.4 Å². The van der Waals surface area contributed by atoms with Crippen molar-refractivity contribution in [2.75, 3.05) is 40.9 Å². The number of amides is 1. The number of phosphoric ester groups is 1. The van der Waals surface area contributed by atoms with Crippen LogP contribution in [0.1, 0.15) is 232 Å². The van der Waals surface area contributed by atoms with E-state index in [-0.39, 0.29) is 19.1 Å². The first kappa shape index (κ1) is 57.0. The van der Waals surface area contributed by atoms with Gasteiger partial charge in [0.05, 0.1) is 39.9 Å². The second kappa shape index (κ2) is 41.3. The van der Waals surface area contributed by atoms with Crippen LogP contribution in [0, 0.1) is 0 Å². The Labute approximate surface area is 360 Å². The molecule has 0 rings (SSSR count). The van der Waals surface area contributed by atoms with Crippen molar-refractivity contribution in [3.05, 3.63) is 24.3 Å². The summed E-state index contributed by atoms with van der Waals surface area (Å²) >= 11 is 0. The molecule has 9 heteroatoms. The zero-order valence-electron chi connectivity index (χ0n) is 39.0. The van der Waals surface area contributed by atoms with Gasteiger partial charge in [-0.2, -0.15) is 0 Å². The van der Waals surface area contributed by atoms with E-state index in [0.29, 0.717) is 17.4 Å². The quantitative estimate of drug-likeness (QED) is 0.0274. The molecule has 8 nitrogen and oxygen atoms in total. The predicted molar refractivity (Wildman–Crippen MR) is 247 cm³/mol. The molecule has 0 bridgehead atoms. The normalized spacial score (nSPS) is 14.4. The zero-order valence-corrected chi connectivity index (χ0v) is 39.9. The standard InChI is InChI=1S/C49H97N2O6P/c1-6-8-10-12-14-16-18-20-21-22-23-24-25-26-27-28-29-30-31-33-35-37-39-41-43-49(53)50-47(46-57-58(54,55)56-45-44-51(3,4)5)48(52)42-40-38-36-34-32-19-17-15-13-11-9-7-2/h26-27,40,42,47-48,52H,6-25,28-39,41,43-46H2,1-5H3,(H-,50,53,54,55)/b27-26-,42-40+. The molecular formula is C49H97N2O6P. The van der Waals surface area contributed by atoms with Gasteiger partial charge in [0.15, 0.2) is 0 Å². The number of phosphoric acid groups is 1. The molecule has 0 saturated heterocycles. The van der Waals surface area contributed by atoms with Gasteiger partial charge in [0, 0.05) is 6.42 Å². The van der Waals surface area contributed by atoms with Crippen molar-refractivity contribution in [3.63, 3.8) is 0 Å². The molecule has 0 aliphatic carbocycles. The van der Waals surface area contributed by atoms with Crippen LogP contribution in [0.15, 0.2) is 24.3 Å². The number of nitrogens with one attached hydrogen (secondary N) is 1. The van der Waals surface area contributed by atoms with E-state index < -0.39 is 20.0 Å². The van der Waals surface area contributed by atoms with Gasteiger partial charge in [-0.05, 0) is 44.9 Å². The number of quaternary nitrogens is 1. The van der Waals surface area contributed by atoms with E-state index in [1.54, 1.807) is 6.08 Å². The molecule has 0 aliphatic rings. The molecule has 0 heterocycles. The molecule has 3 unspecified atom stereocenters. The fraction of sp³-hybridized carbons (Fsp3) is 0.898. The number of likely N-dealkylation sites (N-methyl/N-ethyl adjacent to an activating group) is 1. The Morgan fingerprint density at radius 3 is 1.34 bits per heavy atom. The van der Waals surface area contributed by atoms with E-state index in [4.69, 9.17) is 9.05 Å². The van der Waals surface area contributed by atoms with Gasteiger partial charge in [-0.1, -0.05) is 205 Å². The van der Waals surface area contributed by atoms with Gasteiger partial charge >= 0.3 is 0 Å². The molecule has 1 amide bonds. The first-order chi connectivity index (χ1) is 28.0. The van der Waals surface area contributed by atoms with E-state index in [0.717, 1.165) is 38.5 Å². The Morgan fingerprint density at radius 1 is 0.586 bits per heavy atom. The highest BCUT2D eigenvalue weighted by molar-refractivity contribution is 7.45. The Kier molecular flexibility index (Phi) is 40.6. The van der Waals surface area contributed by atoms with Gasteiger partial charge in [0.25, 0.3) is 7.82 Å². The third kappa shape index (κ3) is 43.1. The van der Waals surface area contributed by atoms with Crippen molar-refractivity contribution in [3.8, 4) is 0 Å². The minimum atomic E-state index is -4.59. The molecule has 2 N–H and O–H groups in total. The summed E-state index contributed by atoms with van der Waals surface area (Å²) in [4.78, 5) is 25.3. The molecule has 3 atom stereocenters. The van der Waals surface area contributed by atoms with Gasteiger partial charge in [-0.25, -0.2) is 0 Å². The molecular weight excluding hydrogens is 744 g/mol. The minimum Gasteiger partial charge on any atom is -0.756 e. The lowest BCUT2D eigenvalue weighted by Crippen LogP contribution is -2.45. The summed E-state index contributed by atoms with van der Waals surface area (Å²) in [6, 6.07) is -0.884. The average molecular weight is 841 g/mol. The fourth-order valence-electron chi connectivity index (χ4n) is 7.21. The van der Waals surface area contributed by atoms with Crippen LogP contribution in [0.25, 0.3) is 0 Å². The first-order valence-electron chi connectivity index (χ1n) is 24.7. The Morgan fingerprint density at radius 2 is 0.948 bits per heavy atom. The van der Waals surface area contributed by atoms with E-state index >= 15 is 0 Å². The maximum atomic E-state index is 12.9. The second-order valence-corrected chi connectivity index (χ2v) is 19.6. The number of hydrogen-bond acceptors (Lipinski definition) is 6. The maximum absolute atomic E-state index is 12.9. The molecule has 58 heavy (non-hydrogen) atoms. The van der Waals surface area contributed by atoms with Gasteiger partial charge < -0.3 is 28.8 Å². The highest BCUT2D eigenvalue weighted by Gasteiger charge is 2.23. The van der Waals surface area contributed by atoms with Gasteiger partial charge in [0.2, 0.25) is 5.91 Å². The van der Waals surface area contributed by atoms with Crippen LogP contribution >= 0.6 is 7.82 Å². The summed E-state index contributed by atoms with van der Waals surface area (Å²) in [6.07, 6.45) is 49.5. The van der Waals surface area contributed by atoms with Crippen molar-refractivity contribution < 1.29 is 32.9 Å². The van der Waals surface area contributed by atoms with Gasteiger partial charge in [-0.3, -0.25) is 9.36 Å². The van der Waals surface area contributed by atoms with Gasteiger partial charge in [0.1, 0.15) is 13.2 Å². The zero-order chi connectivity index (χ0) is 42.8. The number of rotatable bonds is 45. The van der Waals surface area contributed by atoms with Crippen LogP contribution in [0.4, 0.5) is 0 Å². The first-order valence-corrected chi connectivity index (χ1v) is 26.2. The highest BCUT2D eigenvalue weighted by atomic mass is 31.2. The summed E-state index contributed by atoms with van der Waals surface area (Å²) in [5.74, 6) is -0.200. The largest absolute Gasteiger partial charge is 0.756 e. The number of carbonyl (C=O) groups excluding carboxylic acids is 1. The van der Waals surface area contributed by atoms with Crippen molar-refractivity contribution in [1.29, 1.82) is 0 Å². The van der Waals surface area contributed by atoms with E-state index in [1.165, 1.54) is 173 Å². The lowest BCUT2D eigenvalue weighted by molar-refractivity contribution is -0.870. The molecule has 344 valence electrons. The summed E-state index contributed by atoms with van der Waals surface area (Å²) in [5.41, 5.74) is 0. The van der Waals surface area contributed by atoms with Crippen molar-refractivity contribution >= 4 is 13.7 Å². The SMILES string of the molecule is CCCCCCCCCCCC/C=C/C(O)C(COP(=O)([O-])OCC[N+](C)(C)C)NC(=O)CCCCCCCCCC/C=C\CCCCCCCCCCCCCC. The number of carbonyl (C=O) groups is 1. The molecule has 0 saturated carbocycles. The third-order valence-corrected chi connectivity index (χ3v) is 12.1. The fourth-order valence-corrected chi connectivity index (χ4v) is 7.93. The smallest absolute Gasteiger partial charge is 0.268 e. The molecule has 0 aromatic carbocycles. The van der Waals surface area contributed by atoms with Crippen molar-refractivity contribution in [2.24, 2.45) is 0 Å². The summed E-state index contributed by atoms with van der Waals surface area (Å²) in [7, 11) is 1.26. The molecule has 0 aromatic heterocycles. The minimum absolute atomic E-state index is 0.000471. The second-order valence-electron chi connectivity index (χ2n) is 18.2. The van der Waals surface area contributed by atoms with Crippen LogP contribution < -0.4 is 10.2 Å². The van der Waals surface area contributed by atoms with Crippen LogP contribution in [-0.2, 0) is 18.4 Å². The van der Waals surface area contributed by atoms with Crippen LogP contribution in [0.2, 0.25) is 0 Å². The third-order valence-electron chi connectivity index (χ3n) is 11.2. The topological polar surface area (TPSA) is 108 Å². The Bertz CT molecular complexity index is 1000. The summed E-state index contributed by atoms with van der Waals surface area (Å²) in [6.45, 7) is 4.65. The number of allylic oxidation sites excluding steroid dienone is 3. The highest BCUT2D eigenvalue weighted by Crippen LogP contribution is 2.38. The van der Waals surface area contributed by atoms with Crippen LogP contribution in [0.5, 0.6) is 0 Å². The monoisotopic (exact) mass is 841 g/mol. The van der Waals surface area contributed by atoms with Gasteiger partial charge in [-0.15, -0.1) is 0 Å². The van der Waals surface area contributed by atoms with Crippen LogP contribution in [0.3, 0.4) is 0 Å². The van der Waals surface area contributed by atoms with E-state index in [2.05, 4.69) is 31.3 Å². The molecule has 0 spiro atoms. The molecule has 0 aromatic rings. The maximum Gasteiger partial charge on any atom is 0.268 e. The van der Waals surface area contributed by atoms with Crippen molar-refractivity contribution in [2.45, 2.75) is 244 Å². The number of nitrogens with zero attached hydrogens (tertiary/aromatic N) is 1. The number of aliphatic hydroxyl groups excluding tert-OH is 1. The van der Waals surface area contributed by atoms with Crippen LogP contribution in [-0.4, -0.2) is 68.5 Å². The van der Waals surface area contributed by atoms with Crippen molar-refractivity contribution in [1.82, 2.24) is 5.32 Å². The van der Waals surface area contributed by atoms with E-state index in [1.807, 2.05) is 27.2 Å². The summed E-state index contributed by atoms with van der Waals surface area (Å²) < 4.78 is 23.2. The molecule has 0 fully saturated rings. The number of hydrogen-bond donors (Lipinski definition) is 2. The summed E-state index contributed by atoms with van der Waals surface area (Å²) in [5, 5.41) is 13.8. The molecule has 0 aliphatic heterocycles. The number of aliphatic hydroxyl groups is 1. The Balaban J connectivity index is 4.22. The lowest BCUT2D eigenvalue weighted by atomic mass is 10.0. The lowest BCUT2D eigenvalue weighted by Gasteiger charge is -2.29. The average Bonchev–Trinajstić information content (AvgIpc) is 3.17. The Hall–Kier alpha value is -1.02. The number of unbranched alkanes of at least 4 members (excludes halogenated alkanes) is 30.